The second kappa shape index (κ2) is 6.94. The molecule has 1 aliphatic rings. The van der Waals surface area contributed by atoms with Crippen LogP contribution in [0.2, 0.25) is 0 Å². The maximum atomic E-state index is 12.3. The van der Waals surface area contributed by atoms with Gasteiger partial charge in [0.1, 0.15) is 5.82 Å². The van der Waals surface area contributed by atoms with Crippen LogP contribution in [0.25, 0.3) is 10.2 Å². The van der Waals surface area contributed by atoms with Crippen molar-refractivity contribution < 1.29 is 4.79 Å². The molecule has 4 rings (SSSR count). The standard InChI is InChI=1S/C17H18N4OS2/c22-16(11-23-17-19-13-7-3-4-8-14(13)24-17)20-15-9-10-18-21(15)12-5-1-2-6-12/h3-4,7-10,12H,1-2,5-6,11H2,(H,20,22). The van der Waals surface area contributed by atoms with Crippen molar-refractivity contribution in [3.8, 4) is 0 Å². The van der Waals surface area contributed by atoms with Crippen LogP contribution in [0.3, 0.4) is 0 Å². The van der Waals surface area contributed by atoms with Gasteiger partial charge in [0.2, 0.25) is 5.91 Å². The van der Waals surface area contributed by atoms with E-state index in [2.05, 4.69) is 21.5 Å². The number of carbonyl (C=O) groups excluding carboxylic acids is 1. The van der Waals surface area contributed by atoms with Crippen LogP contribution in [-0.2, 0) is 4.79 Å². The average Bonchev–Trinajstić information content (AvgIpc) is 3.32. The second-order valence-corrected chi connectivity index (χ2v) is 8.14. The van der Waals surface area contributed by atoms with Gasteiger partial charge in [0.25, 0.3) is 0 Å². The quantitative estimate of drug-likeness (QED) is 0.689. The summed E-state index contributed by atoms with van der Waals surface area (Å²) in [5, 5.41) is 7.37. The first-order valence-corrected chi connectivity index (χ1v) is 9.91. The highest BCUT2D eigenvalue weighted by Crippen LogP contribution is 2.32. The van der Waals surface area contributed by atoms with Gasteiger partial charge in [-0.2, -0.15) is 5.10 Å². The predicted molar refractivity (Wildman–Crippen MR) is 98.7 cm³/mol. The number of thiazole rings is 1. The van der Waals surface area contributed by atoms with Crippen molar-refractivity contribution in [1.82, 2.24) is 14.8 Å². The number of para-hydroxylation sites is 1. The molecule has 124 valence electrons. The number of anilines is 1. The van der Waals surface area contributed by atoms with Gasteiger partial charge < -0.3 is 5.32 Å². The van der Waals surface area contributed by atoms with Crippen LogP contribution in [0.15, 0.2) is 40.9 Å². The van der Waals surface area contributed by atoms with Crippen molar-refractivity contribution in [3.63, 3.8) is 0 Å². The summed E-state index contributed by atoms with van der Waals surface area (Å²) in [5.41, 5.74) is 0.990. The SMILES string of the molecule is O=C(CSc1nc2ccccc2s1)Nc1ccnn1C1CCCC1. The van der Waals surface area contributed by atoms with Gasteiger partial charge in [0.15, 0.2) is 4.34 Å². The number of nitrogens with zero attached hydrogens (tertiary/aromatic N) is 3. The molecule has 1 saturated carbocycles. The minimum Gasteiger partial charge on any atom is -0.310 e. The van der Waals surface area contributed by atoms with Gasteiger partial charge in [-0.1, -0.05) is 36.7 Å². The van der Waals surface area contributed by atoms with Gasteiger partial charge in [-0.3, -0.25) is 4.79 Å². The highest BCUT2D eigenvalue weighted by molar-refractivity contribution is 8.01. The minimum atomic E-state index is -0.0148. The monoisotopic (exact) mass is 358 g/mol. The van der Waals surface area contributed by atoms with Crippen LogP contribution in [-0.4, -0.2) is 26.4 Å². The number of thioether (sulfide) groups is 1. The Kier molecular flexibility index (Phi) is 4.53. The zero-order valence-electron chi connectivity index (χ0n) is 13.1. The maximum absolute atomic E-state index is 12.3. The van der Waals surface area contributed by atoms with Gasteiger partial charge in [0, 0.05) is 6.07 Å². The number of aromatic nitrogens is 3. The van der Waals surface area contributed by atoms with E-state index in [0.29, 0.717) is 11.8 Å². The Morgan fingerprint density at radius 3 is 2.96 bits per heavy atom. The van der Waals surface area contributed by atoms with Crippen molar-refractivity contribution >= 4 is 45.0 Å². The molecule has 1 fully saturated rings. The summed E-state index contributed by atoms with van der Waals surface area (Å²) >= 11 is 3.11. The van der Waals surface area contributed by atoms with E-state index in [1.807, 2.05) is 28.9 Å². The summed E-state index contributed by atoms with van der Waals surface area (Å²) in [4.78, 5) is 16.8. The molecule has 0 atom stereocenters. The summed E-state index contributed by atoms with van der Waals surface area (Å²) in [5.74, 6) is 1.14. The van der Waals surface area contributed by atoms with E-state index in [4.69, 9.17) is 0 Å². The van der Waals surface area contributed by atoms with Gasteiger partial charge in [-0.05, 0) is 25.0 Å². The Balaban J connectivity index is 1.37. The molecule has 1 aliphatic carbocycles. The van der Waals surface area contributed by atoms with Crippen molar-refractivity contribution in [2.75, 3.05) is 11.1 Å². The van der Waals surface area contributed by atoms with Crippen molar-refractivity contribution in [2.24, 2.45) is 0 Å². The average molecular weight is 358 g/mol. The largest absolute Gasteiger partial charge is 0.310 e. The van der Waals surface area contributed by atoms with Gasteiger partial charge in [-0.15, -0.1) is 11.3 Å². The van der Waals surface area contributed by atoms with E-state index in [-0.39, 0.29) is 5.91 Å². The molecule has 2 heterocycles. The fourth-order valence-electron chi connectivity index (χ4n) is 3.07. The number of carbonyl (C=O) groups is 1. The van der Waals surface area contributed by atoms with E-state index < -0.39 is 0 Å². The maximum Gasteiger partial charge on any atom is 0.235 e. The van der Waals surface area contributed by atoms with E-state index >= 15 is 0 Å². The van der Waals surface area contributed by atoms with Crippen LogP contribution in [0.4, 0.5) is 5.82 Å². The lowest BCUT2D eigenvalue weighted by molar-refractivity contribution is -0.113. The lowest BCUT2D eigenvalue weighted by Gasteiger charge is -2.14. The third-order valence-electron chi connectivity index (χ3n) is 4.21. The lowest BCUT2D eigenvalue weighted by atomic mass is 10.2. The topological polar surface area (TPSA) is 59.8 Å². The number of fused-ring (bicyclic) bond motifs is 1. The molecule has 0 radical (unpaired) electrons. The summed E-state index contributed by atoms with van der Waals surface area (Å²) in [6.45, 7) is 0. The third kappa shape index (κ3) is 3.32. The van der Waals surface area contributed by atoms with Gasteiger partial charge in [-0.25, -0.2) is 9.67 Å². The molecule has 0 saturated heterocycles. The van der Waals surface area contributed by atoms with Gasteiger partial charge >= 0.3 is 0 Å². The first kappa shape index (κ1) is 15.7. The van der Waals surface area contributed by atoms with Crippen LogP contribution >= 0.6 is 23.1 Å². The molecular weight excluding hydrogens is 340 g/mol. The number of amides is 1. The molecule has 1 N–H and O–H groups in total. The molecular formula is C17H18N4OS2. The van der Waals surface area contributed by atoms with Crippen molar-refractivity contribution in [3.05, 3.63) is 36.5 Å². The third-order valence-corrected chi connectivity index (χ3v) is 6.39. The predicted octanol–water partition coefficient (Wildman–Crippen LogP) is 4.34. The molecule has 0 spiro atoms. The zero-order chi connectivity index (χ0) is 16.4. The molecule has 24 heavy (non-hydrogen) atoms. The first-order chi connectivity index (χ1) is 11.8. The minimum absolute atomic E-state index is 0.0148. The molecule has 0 unspecified atom stereocenters. The molecule has 3 aromatic rings. The molecule has 7 heteroatoms. The molecule has 5 nitrogen and oxygen atoms in total. The first-order valence-electron chi connectivity index (χ1n) is 8.11. The zero-order valence-corrected chi connectivity index (χ0v) is 14.8. The van der Waals surface area contributed by atoms with Crippen molar-refractivity contribution in [1.29, 1.82) is 0 Å². The molecule has 1 aromatic carbocycles. The van der Waals surface area contributed by atoms with Crippen LogP contribution in [0, 0.1) is 0 Å². The van der Waals surface area contributed by atoms with Crippen LogP contribution < -0.4 is 5.32 Å². The Hall–Kier alpha value is -1.86. The lowest BCUT2D eigenvalue weighted by Crippen LogP contribution is -2.19. The molecule has 2 aromatic heterocycles. The second-order valence-electron chi connectivity index (χ2n) is 5.88. The van der Waals surface area contributed by atoms with E-state index in [0.717, 1.165) is 33.2 Å². The van der Waals surface area contributed by atoms with Crippen LogP contribution in [0.1, 0.15) is 31.7 Å². The Morgan fingerprint density at radius 2 is 2.12 bits per heavy atom. The van der Waals surface area contributed by atoms with E-state index in [1.54, 1.807) is 17.5 Å². The Bertz CT molecular complexity index is 818. The Morgan fingerprint density at radius 1 is 1.29 bits per heavy atom. The number of benzene rings is 1. The highest BCUT2D eigenvalue weighted by atomic mass is 32.2. The summed E-state index contributed by atoms with van der Waals surface area (Å²) in [6.07, 6.45) is 6.53. The summed E-state index contributed by atoms with van der Waals surface area (Å²) in [6, 6.07) is 10.3. The summed E-state index contributed by atoms with van der Waals surface area (Å²) < 4.78 is 4.04. The normalized spacial score (nSPS) is 15.2. The van der Waals surface area contributed by atoms with Gasteiger partial charge in [0.05, 0.1) is 28.2 Å². The molecule has 0 bridgehead atoms. The van der Waals surface area contributed by atoms with E-state index in [1.165, 1.54) is 24.6 Å². The highest BCUT2D eigenvalue weighted by Gasteiger charge is 2.20. The van der Waals surface area contributed by atoms with Crippen molar-refractivity contribution in [2.45, 2.75) is 36.1 Å². The van der Waals surface area contributed by atoms with Crippen LogP contribution in [0.5, 0.6) is 0 Å². The number of hydrogen-bond acceptors (Lipinski definition) is 5. The number of hydrogen-bond donors (Lipinski definition) is 1. The van der Waals surface area contributed by atoms with E-state index in [9.17, 15) is 4.79 Å². The number of nitrogens with one attached hydrogen (secondary N) is 1. The summed E-state index contributed by atoms with van der Waals surface area (Å²) in [7, 11) is 0. The molecule has 0 aliphatic heterocycles. The fourth-order valence-corrected chi connectivity index (χ4v) is 4.94. The smallest absolute Gasteiger partial charge is 0.235 e. The number of rotatable bonds is 5. The molecule has 1 amide bonds. The Labute approximate surface area is 148 Å². The fraction of sp³-hybridized carbons (Fsp3) is 0.353.